The summed E-state index contributed by atoms with van der Waals surface area (Å²) in [5.74, 6) is 1.45. The smallest absolute Gasteiger partial charge is 0.240 e. The van der Waals surface area contributed by atoms with E-state index >= 15 is 0 Å². The Morgan fingerprint density at radius 3 is 2.86 bits per heavy atom. The van der Waals surface area contributed by atoms with E-state index < -0.39 is 6.04 Å². The third-order valence-electron chi connectivity index (χ3n) is 5.05. The van der Waals surface area contributed by atoms with E-state index in [0.717, 1.165) is 22.6 Å². The SMILES string of the molecule is NC(Cc1ccc(Cl)cc1Cl)C(=O)N1CC=CCC1c1ccc2cccc-2o1. The summed E-state index contributed by atoms with van der Waals surface area (Å²) in [7, 11) is 0. The Morgan fingerprint density at radius 2 is 2.04 bits per heavy atom. The van der Waals surface area contributed by atoms with Crippen LogP contribution < -0.4 is 5.73 Å². The van der Waals surface area contributed by atoms with E-state index in [4.69, 9.17) is 33.4 Å². The van der Waals surface area contributed by atoms with Gasteiger partial charge >= 0.3 is 0 Å². The molecule has 6 heteroatoms. The van der Waals surface area contributed by atoms with Gasteiger partial charge in [-0.25, -0.2) is 0 Å². The Balaban J connectivity index is 1.56. The van der Waals surface area contributed by atoms with Crippen LogP contribution in [0.3, 0.4) is 0 Å². The minimum atomic E-state index is -0.699. The summed E-state index contributed by atoms with van der Waals surface area (Å²) in [5, 5.41) is 1.07. The number of hydrogen-bond donors (Lipinski definition) is 1. The van der Waals surface area contributed by atoms with Gasteiger partial charge in [0, 0.05) is 22.2 Å². The molecule has 4 rings (SSSR count). The summed E-state index contributed by atoms with van der Waals surface area (Å²) in [4.78, 5) is 14.9. The van der Waals surface area contributed by atoms with Gasteiger partial charge in [-0.15, -0.1) is 0 Å². The Morgan fingerprint density at radius 1 is 1.18 bits per heavy atom. The first-order valence-corrected chi connectivity index (χ1v) is 9.92. The number of amides is 1. The monoisotopic (exact) mass is 414 g/mol. The first-order valence-electron chi connectivity index (χ1n) is 9.16. The number of halogens is 2. The Bertz CT molecular complexity index is 998. The van der Waals surface area contributed by atoms with Crippen molar-refractivity contribution >= 4 is 29.1 Å². The van der Waals surface area contributed by atoms with Gasteiger partial charge in [0.1, 0.15) is 11.5 Å². The van der Waals surface area contributed by atoms with Gasteiger partial charge in [-0.05, 0) is 48.7 Å². The third kappa shape index (κ3) is 3.81. The zero-order valence-corrected chi connectivity index (χ0v) is 16.7. The molecular formula is C22H20Cl2N2O2. The second-order valence-electron chi connectivity index (χ2n) is 6.94. The van der Waals surface area contributed by atoms with Crippen molar-refractivity contribution in [3.63, 3.8) is 0 Å². The zero-order valence-electron chi connectivity index (χ0n) is 15.1. The number of hydrogen-bond acceptors (Lipinski definition) is 3. The molecule has 1 aromatic carbocycles. The summed E-state index contributed by atoms with van der Waals surface area (Å²) < 4.78 is 6.05. The van der Waals surface area contributed by atoms with Gasteiger partial charge in [0.2, 0.25) is 5.91 Å². The molecule has 1 amide bonds. The Hall–Kier alpha value is -2.27. The van der Waals surface area contributed by atoms with E-state index in [1.54, 1.807) is 17.0 Å². The van der Waals surface area contributed by atoms with E-state index in [1.165, 1.54) is 0 Å². The molecule has 2 N–H and O–H groups in total. The van der Waals surface area contributed by atoms with E-state index in [0.29, 0.717) is 29.4 Å². The zero-order chi connectivity index (χ0) is 19.7. The molecule has 0 spiro atoms. The predicted octanol–water partition coefficient (Wildman–Crippen LogP) is 5.09. The molecule has 1 aromatic rings. The van der Waals surface area contributed by atoms with Gasteiger partial charge in [-0.2, -0.15) is 0 Å². The third-order valence-corrected chi connectivity index (χ3v) is 5.64. The fraction of sp³-hybridized carbons (Fsp3) is 0.227. The molecule has 2 heterocycles. The van der Waals surface area contributed by atoms with Gasteiger partial charge < -0.3 is 15.1 Å². The van der Waals surface area contributed by atoms with Gasteiger partial charge in [-0.1, -0.05) is 53.6 Å². The van der Waals surface area contributed by atoms with E-state index in [-0.39, 0.29) is 11.9 Å². The highest BCUT2D eigenvalue weighted by molar-refractivity contribution is 6.35. The van der Waals surface area contributed by atoms with Crippen LogP contribution in [0.2, 0.25) is 10.0 Å². The number of benzene rings is 1. The highest BCUT2D eigenvalue weighted by Gasteiger charge is 2.31. The molecule has 0 fully saturated rings. The highest BCUT2D eigenvalue weighted by Crippen LogP contribution is 2.33. The lowest BCUT2D eigenvalue weighted by atomic mass is 10.0. The van der Waals surface area contributed by atoms with Gasteiger partial charge in [-0.3, -0.25) is 4.79 Å². The second-order valence-corrected chi connectivity index (χ2v) is 7.79. The minimum Gasteiger partial charge on any atom is -0.459 e. The van der Waals surface area contributed by atoms with Crippen LogP contribution in [0.1, 0.15) is 23.8 Å². The lowest BCUT2D eigenvalue weighted by Gasteiger charge is -2.34. The van der Waals surface area contributed by atoms with Crippen molar-refractivity contribution in [2.45, 2.75) is 24.9 Å². The largest absolute Gasteiger partial charge is 0.459 e. The molecule has 4 nitrogen and oxygen atoms in total. The van der Waals surface area contributed by atoms with Crippen LogP contribution in [0, 0.1) is 0 Å². The quantitative estimate of drug-likeness (QED) is 0.604. The maximum absolute atomic E-state index is 13.1. The summed E-state index contributed by atoms with van der Waals surface area (Å²) >= 11 is 12.2. The van der Waals surface area contributed by atoms with E-state index in [1.807, 2.05) is 42.5 Å². The summed E-state index contributed by atoms with van der Waals surface area (Å²) in [6, 6.07) is 14.2. The fourth-order valence-corrected chi connectivity index (χ4v) is 4.05. The lowest BCUT2D eigenvalue weighted by Crippen LogP contribution is -2.47. The van der Waals surface area contributed by atoms with Crippen molar-refractivity contribution in [2.24, 2.45) is 5.73 Å². The van der Waals surface area contributed by atoms with Crippen molar-refractivity contribution in [3.8, 4) is 11.3 Å². The summed E-state index contributed by atoms with van der Waals surface area (Å²) in [6.45, 7) is 0.500. The standard InChI is InChI=1S/C22H20Cl2N2O2/c23-16-9-7-15(17(24)13-16)12-18(25)22(27)26-11-2-1-5-19(26)21-10-8-14-4-3-6-20(14)28-21/h1-4,6-10,13,18-19H,5,11-12,25H2. The molecule has 144 valence electrons. The molecule has 0 aromatic heterocycles. The van der Waals surface area contributed by atoms with Crippen LogP contribution in [-0.2, 0) is 11.2 Å². The minimum absolute atomic E-state index is 0.127. The van der Waals surface area contributed by atoms with Crippen LogP contribution >= 0.6 is 23.2 Å². The van der Waals surface area contributed by atoms with Crippen LogP contribution in [0.25, 0.3) is 11.3 Å². The fourth-order valence-electron chi connectivity index (χ4n) is 3.57. The van der Waals surface area contributed by atoms with Gasteiger partial charge in [0.05, 0.1) is 12.1 Å². The molecule has 2 atom stereocenters. The Kier molecular flexibility index (Phi) is 5.44. The van der Waals surface area contributed by atoms with E-state index in [2.05, 4.69) is 6.08 Å². The van der Waals surface area contributed by atoms with Crippen molar-refractivity contribution in [3.05, 3.63) is 82.1 Å². The van der Waals surface area contributed by atoms with Crippen LogP contribution in [-0.4, -0.2) is 23.4 Å². The number of nitrogens with two attached hydrogens (primary N) is 1. The molecule has 2 unspecified atom stereocenters. The molecule has 28 heavy (non-hydrogen) atoms. The number of rotatable bonds is 4. The topological polar surface area (TPSA) is 59.5 Å². The summed E-state index contributed by atoms with van der Waals surface area (Å²) in [6.07, 6.45) is 5.09. The molecular weight excluding hydrogens is 395 g/mol. The molecule has 0 bridgehead atoms. The molecule has 0 saturated heterocycles. The predicted molar refractivity (Wildman–Crippen MR) is 112 cm³/mol. The second kappa shape index (κ2) is 8.00. The number of carbonyl (C=O) groups is 1. The first kappa shape index (κ1) is 19.1. The average Bonchev–Trinajstić information content (AvgIpc) is 3.17. The maximum Gasteiger partial charge on any atom is 0.240 e. The molecule has 2 aliphatic heterocycles. The lowest BCUT2D eigenvalue weighted by molar-refractivity contribution is -0.135. The molecule has 1 aliphatic carbocycles. The van der Waals surface area contributed by atoms with Gasteiger partial charge in [0.25, 0.3) is 0 Å². The first-order chi connectivity index (χ1) is 13.5. The average molecular weight is 415 g/mol. The van der Waals surface area contributed by atoms with Crippen LogP contribution in [0.5, 0.6) is 0 Å². The van der Waals surface area contributed by atoms with E-state index in [9.17, 15) is 4.79 Å². The molecule has 0 saturated carbocycles. The number of nitrogens with zero attached hydrogens (tertiary/aromatic N) is 1. The van der Waals surface area contributed by atoms with Crippen molar-refractivity contribution in [1.29, 1.82) is 0 Å². The van der Waals surface area contributed by atoms with Crippen LogP contribution in [0.15, 0.2) is 65.1 Å². The Labute approximate surface area is 173 Å². The molecule has 3 aliphatic rings. The maximum atomic E-state index is 13.1. The van der Waals surface area contributed by atoms with Crippen LogP contribution in [0.4, 0.5) is 0 Å². The number of carbonyl (C=O) groups excluding carboxylic acids is 1. The normalized spacial score (nSPS) is 17.8. The molecule has 0 radical (unpaired) electrons. The van der Waals surface area contributed by atoms with Crippen molar-refractivity contribution < 1.29 is 9.21 Å². The van der Waals surface area contributed by atoms with Crippen molar-refractivity contribution in [1.82, 2.24) is 4.90 Å². The summed E-state index contributed by atoms with van der Waals surface area (Å²) in [5.41, 5.74) is 8.11. The highest BCUT2D eigenvalue weighted by atomic mass is 35.5. The number of fused-ring (bicyclic) bond motifs is 1. The van der Waals surface area contributed by atoms with Crippen molar-refractivity contribution in [2.75, 3.05) is 6.54 Å². The van der Waals surface area contributed by atoms with Gasteiger partial charge in [0.15, 0.2) is 0 Å².